The number of hydrogen-bond acceptors (Lipinski definition) is 4. The van der Waals surface area contributed by atoms with Gasteiger partial charge in [-0.15, -0.1) is 0 Å². The molecule has 1 atom stereocenters. The summed E-state index contributed by atoms with van der Waals surface area (Å²) in [5.41, 5.74) is 1.84. The molecule has 0 aromatic heterocycles. The van der Waals surface area contributed by atoms with Gasteiger partial charge in [0, 0.05) is 12.1 Å². The van der Waals surface area contributed by atoms with Crippen LogP contribution in [-0.2, 0) is 11.3 Å². The van der Waals surface area contributed by atoms with Crippen molar-refractivity contribution in [3.05, 3.63) is 54.1 Å². The minimum atomic E-state index is -0.119. The normalized spacial score (nSPS) is 16.0. The van der Waals surface area contributed by atoms with E-state index < -0.39 is 0 Å². The van der Waals surface area contributed by atoms with Crippen LogP contribution in [0.25, 0.3) is 0 Å². The van der Waals surface area contributed by atoms with E-state index in [4.69, 9.17) is 4.74 Å². The number of carbonyl (C=O) groups excluding carboxylic acids is 1. The zero-order valence-electron chi connectivity index (χ0n) is 15.9. The Morgan fingerprint density at radius 3 is 2.56 bits per heavy atom. The fourth-order valence-corrected chi connectivity index (χ4v) is 3.57. The van der Waals surface area contributed by atoms with Crippen LogP contribution in [0, 0.1) is 0 Å². The van der Waals surface area contributed by atoms with Crippen LogP contribution < -0.4 is 19.9 Å². The molecule has 2 aromatic rings. The molecule has 27 heavy (non-hydrogen) atoms. The van der Waals surface area contributed by atoms with Gasteiger partial charge in [-0.1, -0.05) is 30.3 Å². The lowest BCUT2D eigenvalue weighted by Gasteiger charge is -2.36. The van der Waals surface area contributed by atoms with Crippen molar-refractivity contribution in [3.63, 3.8) is 0 Å². The van der Waals surface area contributed by atoms with E-state index in [-0.39, 0.29) is 11.9 Å². The summed E-state index contributed by atoms with van der Waals surface area (Å²) in [4.78, 5) is 16.0. The Morgan fingerprint density at radius 1 is 1.19 bits per heavy atom. The van der Waals surface area contributed by atoms with Gasteiger partial charge in [-0.2, -0.15) is 0 Å². The number of carbonyl (C=O) groups is 1. The van der Waals surface area contributed by atoms with Crippen molar-refractivity contribution < 1.29 is 19.5 Å². The summed E-state index contributed by atoms with van der Waals surface area (Å²) in [7, 11) is 1.64. The van der Waals surface area contributed by atoms with Crippen molar-refractivity contribution >= 4 is 11.6 Å². The van der Waals surface area contributed by atoms with Crippen molar-refractivity contribution in [2.45, 2.75) is 19.5 Å². The smallest absolute Gasteiger partial charge is 0.278 e. The SMILES string of the molecule is COc1ccccc1CNC(=O)[C@H](C)[NH+]1CCN(c2ccccc2O)CC1. The molecule has 0 unspecified atom stereocenters. The number of nitrogens with one attached hydrogen (secondary N) is 2. The predicted molar refractivity (Wildman–Crippen MR) is 105 cm³/mol. The molecular formula is C21H28N3O3+. The summed E-state index contributed by atoms with van der Waals surface area (Å²) < 4.78 is 5.34. The van der Waals surface area contributed by atoms with Crippen molar-refractivity contribution in [3.8, 4) is 11.5 Å². The number of phenols is 1. The molecule has 144 valence electrons. The number of aromatic hydroxyl groups is 1. The molecule has 0 saturated carbocycles. The van der Waals surface area contributed by atoms with E-state index in [1.807, 2.05) is 49.4 Å². The zero-order chi connectivity index (χ0) is 19.2. The molecule has 0 aliphatic carbocycles. The van der Waals surface area contributed by atoms with Crippen molar-refractivity contribution in [2.75, 3.05) is 38.2 Å². The molecule has 3 rings (SSSR count). The molecule has 1 amide bonds. The van der Waals surface area contributed by atoms with Crippen LogP contribution in [0.3, 0.4) is 0 Å². The van der Waals surface area contributed by atoms with Crippen molar-refractivity contribution in [1.82, 2.24) is 5.32 Å². The second kappa shape index (κ2) is 8.77. The van der Waals surface area contributed by atoms with Crippen molar-refractivity contribution in [1.29, 1.82) is 0 Å². The van der Waals surface area contributed by atoms with Gasteiger partial charge in [0.25, 0.3) is 5.91 Å². The number of piperazine rings is 1. The second-order valence-electron chi connectivity index (χ2n) is 6.89. The average Bonchev–Trinajstić information content (AvgIpc) is 2.72. The van der Waals surface area contributed by atoms with Crippen LogP contribution in [0.1, 0.15) is 12.5 Å². The highest BCUT2D eigenvalue weighted by atomic mass is 16.5. The third kappa shape index (κ3) is 4.52. The number of ether oxygens (including phenoxy) is 1. The highest BCUT2D eigenvalue weighted by Gasteiger charge is 2.29. The van der Waals surface area contributed by atoms with Crippen LogP contribution in [-0.4, -0.2) is 50.3 Å². The van der Waals surface area contributed by atoms with E-state index in [2.05, 4.69) is 10.2 Å². The molecule has 0 spiro atoms. The average molecular weight is 370 g/mol. The molecule has 3 N–H and O–H groups in total. The first-order valence-electron chi connectivity index (χ1n) is 9.37. The molecule has 1 saturated heterocycles. The van der Waals surface area contributed by atoms with Crippen LogP contribution in [0.5, 0.6) is 11.5 Å². The fraction of sp³-hybridized carbons (Fsp3) is 0.381. The van der Waals surface area contributed by atoms with Crippen LogP contribution in [0.15, 0.2) is 48.5 Å². The first-order chi connectivity index (χ1) is 13.1. The van der Waals surface area contributed by atoms with Gasteiger partial charge in [0.1, 0.15) is 11.5 Å². The van der Waals surface area contributed by atoms with Gasteiger partial charge in [0.15, 0.2) is 6.04 Å². The van der Waals surface area contributed by atoms with Gasteiger partial charge in [-0.3, -0.25) is 4.79 Å². The molecule has 1 aliphatic heterocycles. The summed E-state index contributed by atoms with van der Waals surface area (Å²) >= 11 is 0. The minimum Gasteiger partial charge on any atom is -0.506 e. The molecular weight excluding hydrogens is 342 g/mol. The van der Waals surface area contributed by atoms with E-state index in [1.54, 1.807) is 13.2 Å². The van der Waals surface area contributed by atoms with Gasteiger partial charge in [-0.25, -0.2) is 0 Å². The summed E-state index contributed by atoms with van der Waals surface area (Å²) in [6.07, 6.45) is 0. The van der Waals surface area contributed by atoms with Gasteiger partial charge in [0.2, 0.25) is 0 Å². The first-order valence-corrected chi connectivity index (χ1v) is 9.37. The van der Waals surface area contributed by atoms with E-state index in [9.17, 15) is 9.90 Å². The Morgan fingerprint density at radius 2 is 1.85 bits per heavy atom. The number of benzene rings is 2. The Labute approximate surface area is 160 Å². The predicted octanol–water partition coefficient (Wildman–Crippen LogP) is 0.811. The molecule has 6 heteroatoms. The van der Waals surface area contributed by atoms with E-state index in [0.717, 1.165) is 43.2 Å². The number of anilines is 1. The molecule has 0 radical (unpaired) electrons. The van der Waals surface area contributed by atoms with E-state index in [1.165, 1.54) is 4.90 Å². The number of quaternary nitrogens is 1. The summed E-state index contributed by atoms with van der Waals surface area (Å²) in [6, 6.07) is 15.0. The molecule has 0 bridgehead atoms. The Hall–Kier alpha value is -2.73. The Bertz CT molecular complexity index is 773. The largest absolute Gasteiger partial charge is 0.506 e. The standard InChI is InChI=1S/C21H27N3O3/c1-16(21(26)22-15-17-7-3-6-10-20(17)27-2)23-11-13-24(14-12-23)18-8-4-5-9-19(18)25/h3-10,16,25H,11-15H2,1-2H3,(H,22,26)/p+1/t16-/m0/s1. The van der Waals surface area contributed by atoms with Gasteiger partial charge in [0.05, 0.1) is 39.0 Å². The highest BCUT2D eigenvalue weighted by Crippen LogP contribution is 2.26. The van der Waals surface area contributed by atoms with Crippen LogP contribution >= 0.6 is 0 Å². The highest BCUT2D eigenvalue weighted by molar-refractivity contribution is 5.80. The van der Waals surface area contributed by atoms with Crippen LogP contribution in [0.2, 0.25) is 0 Å². The third-order valence-electron chi connectivity index (χ3n) is 5.28. The third-order valence-corrected chi connectivity index (χ3v) is 5.28. The summed E-state index contributed by atoms with van der Waals surface area (Å²) in [5, 5.41) is 13.1. The number of methoxy groups -OCH3 is 1. The lowest BCUT2D eigenvalue weighted by Crippen LogP contribution is -3.19. The number of nitrogens with zero attached hydrogens (tertiary/aromatic N) is 1. The minimum absolute atomic E-state index is 0.0481. The van der Waals surface area contributed by atoms with Crippen LogP contribution in [0.4, 0.5) is 5.69 Å². The maximum absolute atomic E-state index is 12.6. The maximum Gasteiger partial charge on any atom is 0.278 e. The number of rotatable bonds is 6. The summed E-state index contributed by atoms with van der Waals surface area (Å²) in [5.74, 6) is 1.14. The van der Waals surface area contributed by atoms with E-state index >= 15 is 0 Å². The lowest BCUT2D eigenvalue weighted by molar-refractivity contribution is -0.914. The molecule has 6 nitrogen and oxygen atoms in total. The quantitative estimate of drug-likeness (QED) is 0.704. The molecule has 1 fully saturated rings. The molecule has 1 heterocycles. The molecule has 2 aromatic carbocycles. The monoisotopic (exact) mass is 370 g/mol. The first kappa shape index (κ1) is 19.0. The second-order valence-corrected chi connectivity index (χ2v) is 6.89. The van der Waals surface area contributed by atoms with Crippen molar-refractivity contribution in [2.24, 2.45) is 0 Å². The molecule has 1 aliphatic rings. The van der Waals surface area contributed by atoms with Gasteiger partial charge < -0.3 is 25.0 Å². The zero-order valence-corrected chi connectivity index (χ0v) is 15.9. The van der Waals surface area contributed by atoms with E-state index in [0.29, 0.717) is 12.3 Å². The lowest BCUT2D eigenvalue weighted by atomic mass is 10.1. The fourth-order valence-electron chi connectivity index (χ4n) is 3.57. The Kier molecular flexibility index (Phi) is 6.19. The van der Waals surface area contributed by atoms with Gasteiger partial charge >= 0.3 is 0 Å². The number of amides is 1. The maximum atomic E-state index is 12.6. The number of phenolic OH excluding ortho intramolecular Hbond substituents is 1. The number of para-hydroxylation sites is 3. The Balaban J connectivity index is 1.52. The topological polar surface area (TPSA) is 66.2 Å². The number of hydrogen-bond donors (Lipinski definition) is 3. The van der Waals surface area contributed by atoms with Gasteiger partial charge in [-0.05, 0) is 25.1 Å². The summed E-state index contributed by atoms with van der Waals surface area (Å²) in [6.45, 7) is 5.79.